The highest BCUT2D eigenvalue weighted by molar-refractivity contribution is 5.27. The molecule has 2 saturated carbocycles. The highest BCUT2D eigenvalue weighted by atomic mass is 16.3. The van der Waals surface area contributed by atoms with Gasteiger partial charge in [0.1, 0.15) is 0 Å². The Morgan fingerprint density at radius 3 is 2.66 bits per heavy atom. The molecular formula is C28H46O. The smallest absolute Gasteiger partial charge is 0.0743 e. The van der Waals surface area contributed by atoms with Gasteiger partial charge in [0.05, 0.1) is 5.60 Å². The van der Waals surface area contributed by atoms with Crippen LogP contribution in [-0.4, -0.2) is 10.7 Å². The van der Waals surface area contributed by atoms with Crippen LogP contribution in [0.5, 0.6) is 0 Å². The van der Waals surface area contributed by atoms with Crippen molar-refractivity contribution in [2.45, 2.75) is 110 Å². The lowest BCUT2D eigenvalue weighted by molar-refractivity contribution is -0.149. The van der Waals surface area contributed by atoms with E-state index >= 15 is 0 Å². The van der Waals surface area contributed by atoms with Crippen LogP contribution in [0.15, 0.2) is 23.8 Å². The van der Waals surface area contributed by atoms with Crippen molar-refractivity contribution in [3.05, 3.63) is 23.8 Å². The SMILES string of the molecule is CC(C)CCC[C@@H](C)[C@H]1CC[C@@H]2[C@]1(C)CC[C@H]1CC[C@H]3CCC=C/C3=C/C[C@]12O. The third kappa shape index (κ3) is 4.02. The molecule has 4 aliphatic rings. The van der Waals surface area contributed by atoms with Gasteiger partial charge in [0.2, 0.25) is 0 Å². The molecule has 29 heavy (non-hydrogen) atoms. The zero-order chi connectivity index (χ0) is 20.6. The monoisotopic (exact) mass is 398 g/mol. The second-order valence-corrected chi connectivity index (χ2v) is 11.9. The first-order valence-corrected chi connectivity index (χ1v) is 12.9. The number of hydrogen-bond donors (Lipinski definition) is 1. The highest BCUT2D eigenvalue weighted by Gasteiger charge is 2.60. The van der Waals surface area contributed by atoms with E-state index < -0.39 is 5.60 Å². The Morgan fingerprint density at radius 1 is 1.03 bits per heavy atom. The van der Waals surface area contributed by atoms with Crippen molar-refractivity contribution in [3.63, 3.8) is 0 Å². The van der Waals surface area contributed by atoms with Crippen molar-refractivity contribution in [2.75, 3.05) is 0 Å². The van der Waals surface area contributed by atoms with Gasteiger partial charge in [-0.15, -0.1) is 0 Å². The summed E-state index contributed by atoms with van der Waals surface area (Å²) < 4.78 is 0. The van der Waals surface area contributed by atoms with Gasteiger partial charge >= 0.3 is 0 Å². The molecule has 0 radical (unpaired) electrons. The normalized spacial score (nSPS) is 44.8. The summed E-state index contributed by atoms with van der Waals surface area (Å²) in [5.41, 5.74) is 1.43. The van der Waals surface area contributed by atoms with Crippen molar-refractivity contribution < 1.29 is 5.11 Å². The summed E-state index contributed by atoms with van der Waals surface area (Å²) in [6.45, 7) is 9.79. The minimum atomic E-state index is -0.456. The van der Waals surface area contributed by atoms with Gasteiger partial charge in [-0.1, -0.05) is 65.2 Å². The molecule has 7 atom stereocenters. The predicted octanol–water partition coefficient (Wildman–Crippen LogP) is 7.70. The molecule has 1 N–H and O–H groups in total. The van der Waals surface area contributed by atoms with Crippen LogP contribution in [0.1, 0.15) is 105 Å². The Balaban J connectivity index is 1.52. The summed E-state index contributed by atoms with van der Waals surface area (Å²) in [6, 6.07) is 0. The Bertz CT molecular complexity index is 630. The van der Waals surface area contributed by atoms with Gasteiger partial charge in [0, 0.05) is 0 Å². The molecule has 2 fully saturated rings. The van der Waals surface area contributed by atoms with E-state index in [1.54, 1.807) is 0 Å². The van der Waals surface area contributed by atoms with E-state index in [1.807, 2.05) is 0 Å². The molecular weight excluding hydrogens is 352 g/mol. The molecule has 0 aliphatic heterocycles. The number of hydrogen-bond acceptors (Lipinski definition) is 1. The molecule has 4 aliphatic carbocycles. The van der Waals surface area contributed by atoms with Crippen molar-refractivity contribution in [1.82, 2.24) is 0 Å². The van der Waals surface area contributed by atoms with Crippen LogP contribution in [0, 0.1) is 40.9 Å². The molecule has 0 aromatic rings. The largest absolute Gasteiger partial charge is 0.389 e. The summed E-state index contributed by atoms with van der Waals surface area (Å²) in [6.07, 6.45) is 22.5. The van der Waals surface area contributed by atoms with Crippen LogP contribution in [0.25, 0.3) is 0 Å². The van der Waals surface area contributed by atoms with Gasteiger partial charge in [-0.05, 0) is 104 Å². The fourth-order valence-corrected chi connectivity index (χ4v) is 8.20. The van der Waals surface area contributed by atoms with Gasteiger partial charge in [0.15, 0.2) is 0 Å². The molecule has 0 spiro atoms. The summed E-state index contributed by atoms with van der Waals surface area (Å²) >= 11 is 0. The lowest BCUT2D eigenvalue weighted by Crippen LogP contribution is -2.55. The zero-order valence-corrected chi connectivity index (χ0v) is 19.6. The van der Waals surface area contributed by atoms with Crippen molar-refractivity contribution in [2.24, 2.45) is 40.9 Å². The van der Waals surface area contributed by atoms with E-state index in [9.17, 15) is 5.11 Å². The van der Waals surface area contributed by atoms with Gasteiger partial charge in [-0.2, -0.15) is 0 Å². The molecule has 1 heteroatoms. The molecule has 0 unspecified atom stereocenters. The predicted molar refractivity (Wildman–Crippen MR) is 124 cm³/mol. The fourth-order valence-electron chi connectivity index (χ4n) is 8.20. The van der Waals surface area contributed by atoms with E-state index in [0.717, 1.165) is 30.1 Å². The number of allylic oxidation sites excluding steroid dienone is 3. The van der Waals surface area contributed by atoms with Crippen LogP contribution < -0.4 is 0 Å². The third-order valence-electron chi connectivity index (χ3n) is 9.87. The molecule has 0 bridgehead atoms. The lowest BCUT2D eigenvalue weighted by Gasteiger charge is -2.55. The van der Waals surface area contributed by atoms with E-state index in [0.29, 0.717) is 17.3 Å². The van der Waals surface area contributed by atoms with Crippen molar-refractivity contribution in [3.8, 4) is 0 Å². The van der Waals surface area contributed by atoms with Crippen LogP contribution in [0.2, 0.25) is 0 Å². The number of aliphatic hydroxyl groups is 1. The summed E-state index contributed by atoms with van der Waals surface area (Å²) in [5, 5.41) is 12.2. The average molecular weight is 399 g/mol. The average Bonchev–Trinajstić information content (AvgIpc) is 3.03. The van der Waals surface area contributed by atoms with Crippen molar-refractivity contribution in [1.29, 1.82) is 0 Å². The molecule has 4 rings (SSSR count). The molecule has 0 aromatic carbocycles. The van der Waals surface area contributed by atoms with E-state index in [4.69, 9.17) is 0 Å². The van der Waals surface area contributed by atoms with Crippen LogP contribution in [-0.2, 0) is 0 Å². The lowest BCUT2D eigenvalue weighted by atomic mass is 9.52. The molecule has 0 saturated heterocycles. The van der Waals surface area contributed by atoms with Crippen LogP contribution in [0.4, 0.5) is 0 Å². The maximum atomic E-state index is 12.2. The molecule has 0 heterocycles. The molecule has 164 valence electrons. The number of rotatable bonds is 5. The standard InChI is InChI=1S/C28H46O/c1-20(2)8-7-9-21(3)25-14-15-26-27(25,4)18-17-24-13-12-22-10-5-6-11-23(22)16-19-28(24,26)29/h6,11,16,20-22,24-26,29H,5,7-10,12-15,17-19H2,1-4H3/b23-16-/t21-,22-,24-,25-,26-,27-,28+/m1/s1. The van der Waals surface area contributed by atoms with Crippen LogP contribution >= 0.6 is 0 Å². The minimum Gasteiger partial charge on any atom is -0.389 e. The maximum Gasteiger partial charge on any atom is 0.0743 e. The third-order valence-corrected chi connectivity index (χ3v) is 9.87. The van der Waals surface area contributed by atoms with E-state index in [2.05, 4.69) is 45.9 Å². The first-order chi connectivity index (χ1) is 13.8. The molecule has 1 nitrogen and oxygen atoms in total. The maximum absolute atomic E-state index is 12.2. The Labute approximate surface area is 180 Å². The van der Waals surface area contributed by atoms with Crippen molar-refractivity contribution >= 4 is 0 Å². The second kappa shape index (κ2) is 8.52. The quantitative estimate of drug-likeness (QED) is 0.503. The van der Waals surface area contributed by atoms with Gasteiger partial charge in [-0.3, -0.25) is 0 Å². The first kappa shape index (κ1) is 21.7. The Kier molecular flexibility index (Phi) is 6.37. The van der Waals surface area contributed by atoms with Crippen LogP contribution in [0.3, 0.4) is 0 Å². The van der Waals surface area contributed by atoms with Gasteiger partial charge in [0.25, 0.3) is 0 Å². The Morgan fingerprint density at radius 2 is 1.86 bits per heavy atom. The van der Waals surface area contributed by atoms with E-state index in [1.165, 1.54) is 76.2 Å². The highest BCUT2D eigenvalue weighted by Crippen LogP contribution is 2.64. The minimum absolute atomic E-state index is 0.349. The van der Waals surface area contributed by atoms with Gasteiger partial charge < -0.3 is 5.11 Å². The van der Waals surface area contributed by atoms with E-state index in [-0.39, 0.29) is 0 Å². The fraction of sp³-hybridized carbons (Fsp3) is 0.857. The topological polar surface area (TPSA) is 20.2 Å². The molecule has 0 amide bonds. The summed E-state index contributed by atoms with van der Waals surface area (Å²) in [4.78, 5) is 0. The molecule has 0 aromatic heterocycles. The first-order valence-electron chi connectivity index (χ1n) is 12.9. The zero-order valence-electron chi connectivity index (χ0n) is 19.6. The summed E-state index contributed by atoms with van der Waals surface area (Å²) in [5.74, 6) is 4.24. The summed E-state index contributed by atoms with van der Waals surface area (Å²) in [7, 11) is 0. The Hall–Kier alpha value is -0.560. The van der Waals surface area contributed by atoms with Gasteiger partial charge in [-0.25, -0.2) is 0 Å². The number of fused-ring (bicyclic) bond motifs is 4. The second-order valence-electron chi connectivity index (χ2n) is 11.9.